The summed E-state index contributed by atoms with van der Waals surface area (Å²) < 4.78 is 0. The Labute approximate surface area is 179 Å². The molecule has 2 N–H and O–H groups in total. The molecule has 0 spiro atoms. The number of amides is 1. The molecule has 1 amide bonds. The predicted molar refractivity (Wildman–Crippen MR) is 122 cm³/mol. The van der Waals surface area contributed by atoms with E-state index in [0.717, 1.165) is 32.5 Å². The van der Waals surface area contributed by atoms with E-state index in [1.807, 2.05) is 80.7 Å². The summed E-state index contributed by atoms with van der Waals surface area (Å²) in [6.07, 6.45) is 3.59. The summed E-state index contributed by atoms with van der Waals surface area (Å²) in [5.74, 6) is 0.644. The molecule has 0 aliphatic rings. The van der Waals surface area contributed by atoms with E-state index < -0.39 is 0 Å². The van der Waals surface area contributed by atoms with E-state index >= 15 is 0 Å². The Morgan fingerprint density at radius 1 is 1.00 bits per heavy atom. The van der Waals surface area contributed by atoms with Gasteiger partial charge in [-0.1, -0.05) is 30.3 Å². The minimum Gasteiger partial charge on any atom is -0.359 e. The van der Waals surface area contributed by atoms with Gasteiger partial charge in [-0.3, -0.25) is 9.78 Å². The van der Waals surface area contributed by atoms with Crippen LogP contribution in [0.25, 0.3) is 0 Å². The number of benzene rings is 1. The SMILES string of the molecule is Cc1cccc(N[C@H](c2cccnc2)c2cc(C)sc2NC(=O)c2ccccc2)n1. The van der Waals surface area contributed by atoms with Crippen molar-refractivity contribution in [2.75, 3.05) is 10.6 Å². The lowest BCUT2D eigenvalue weighted by molar-refractivity contribution is 0.102. The van der Waals surface area contributed by atoms with Crippen molar-refractivity contribution < 1.29 is 4.79 Å². The van der Waals surface area contributed by atoms with Gasteiger partial charge in [0.1, 0.15) is 10.8 Å². The second kappa shape index (κ2) is 8.88. The minimum atomic E-state index is -0.205. The van der Waals surface area contributed by atoms with Crippen molar-refractivity contribution in [1.29, 1.82) is 0 Å². The second-order valence-corrected chi connectivity index (χ2v) is 8.25. The summed E-state index contributed by atoms with van der Waals surface area (Å²) in [6.45, 7) is 4.00. The van der Waals surface area contributed by atoms with Crippen LogP contribution in [0, 0.1) is 13.8 Å². The molecule has 0 unspecified atom stereocenters. The summed E-state index contributed by atoms with van der Waals surface area (Å²) in [5, 5.41) is 7.43. The highest BCUT2D eigenvalue weighted by atomic mass is 32.1. The molecule has 0 bridgehead atoms. The van der Waals surface area contributed by atoms with Gasteiger partial charge in [0.2, 0.25) is 0 Å². The number of thiophene rings is 1. The highest BCUT2D eigenvalue weighted by Gasteiger charge is 2.22. The van der Waals surface area contributed by atoms with Crippen LogP contribution < -0.4 is 10.6 Å². The number of hydrogen-bond donors (Lipinski definition) is 2. The Bertz CT molecular complexity index is 1140. The zero-order valence-electron chi connectivity index (χ0n) is 16.8. The average Bonchev–Trinajstić information content (AvgIpc) is 3.13. The van der Waals surface area contributed by atoms with Crippen molar-refractivity contribution >= 4 is 28.1 Å². The van der Waals surface area contributed by atoms with Gasteiger partial charge >= 0.3 is 0 Å². The molecule has 30 heavy (non-hydrogen) atoms. The van der Waals surface area contributed by atoms with Crippen LogP contribution in [0.4, 0.5) is 10.8 Å². The fourth-order valence-electron chi connectivity index (χ4n) is 3.27. The molecule has 1 atom stereocenters. The maximum absolute atomic E-state index is 12.8. The Morgan fingerprint density at radius 3 is 2.57 bits per heavy atom. The number of aryl methyl sites for hydroxylation is 2. The average molecular weight is 415 g/mol. The number of aromatic nitrogens is 2. The van der Waals surface area contributed by atoms with Crippen LogP contribution in [0.2, 0.25) is 0 Å². The smallest absolute Gasteiger partial charge is 0.256 e. The van der Waals surface area contributed by atoms with Gasteiger partial charge in [0.05, 0.1) is 6.04 Å². The molecule has 0 saturated carbocycles. The number of nitrogens with zero attached hydrogens (tertiary/aromatic N) is 2. The first-order chi connectivity index (χ1) is 14.6. The van der Waals surface area contributed by atoms with E-state index in [-0.39, 0.29) is 11.9 Å². The maximum Gasteiger partial charge on any atom is 0.256 e. The molecule has 5 nitrogen and oxygen atoms in total. The maximum atomic E-state index is 12.8. The third-order valence-corrected chi connectivity index (χ3v) is 5.64. The van der Waals surface area contributed by atoms with Crippen LogP contribution in [-0.4, -0.2) is 15.9 Å². The number of anilines is 2. The minimum absolute atomic E-state index is 0.127. The van der Waals surface area contributed by atoms with Crippen LogP contribution >= 0.6 is 11.3 Å². The van der Waals surface area contributed by atoms with E-state index in [1.165, 1.54) is 0 Å². The summed E-state index contributed by atoms with van der Waals surface area (Å²) in [4.78, 5) is 22.8. The molecule has 150 valence electrons. The Balaban J connectivity index is 1.71. The van der Waals surface area contributed by atoms with Crippen molar-refractivity contribution in [3.63, 3.8) is 0 Å². The Morgan fingerprint density at radius 2 is 1.83 bits per heavy atom. The number of carbonyl (C=O) groups is 1. The zero-order valence-corrected chi connectivity index (χ0v) is 17.6. The number of hydrogen-bond acceptors (Lipinski definition) is 5. The van der Waals surface area contributed by atoms with Gasteiger partial charge in [-0.05, 0) is 55.8 Å². The first kappa shape index (κ1) is 19.8. The van der Waals surface area contributed by atoms with Crippen molar-refractivity contribution in [2.45, 2.75) is 19.9 Å². The number of carbonyl (C=O) groups excluding carboxylic acids is 1. The molecule has 0 radical (unpaired) electrons. The van der Waals surface area contributed by atoms with E-state index in [1.54, 1.807) is 17.5 Å². The van der Waals surface area contributed by atoms with Crippen molar-refractivity contribution in [3.05, 3.63) is 106 Å². The molecule has 3 aromatic heterocycles. The van der Waals surface area contributed by atoms with E-state index in [4.69, 9.17) is 0 Å². The fraction of sp³-hybridized carbons (Fsp3) is 0.125. The molecule has 0 fully saturated rings. The molecule has 0 aliphatic heterocycles. The van der Waals surface area contributed by atoms with Crippen molar-refractivity contribution in [2.24, 2.45) is 0 Å². The summed E-state index contributed by atoms with van der Waals surface area (Å²) in [6, 6.07) is 20.9. The molecule has 4 aromatic rings. The quantitative estimate of drug-likeness (QED) is 0.430. The van der Waals surface area contributed by atoms with Crippen LogP contribution in [0.5, 0.6) is 0 Å². The summed E-state index contributed by atoms with van der Waals surface area (Å²) in [7, 11) is 0. The lowest BCUT2D eigenvalue weighted by atomic mass is 10.0. The highest BCUT2D eigenvalue weighted by molar-refractivity contribution is 7.16. The molecular formula is C24H22N4OS. The lowest BCUT2D eigenvalue weighted by Crippen LogP contribution is -2.17. The molecule has 4 rings (SSSR count). The molecule has 3 heterocycles. The molecule has 1 aromatic carbocycles. The standard InChI is InChI=1S/C24H22N4OS/c1-16-8-6-12-21(26-16)27-22(19-11-7-13-25-15-19)20-14-17(2)30-24(20)28-23(29)18-9-4-3-5-10-18/h3-15,22H,1-2H3,(H,26,27)(H,28,29)/t22-/m1/s1. The number of pyridine rings is 2. The summed E-state index contributed by atoms with van der Waals surface area (Å²) >= 11 is 1.56. The third kappa shape index (κ3) is 4.55. The lowest BCUT2D eigenvalue weighted by Gasteiger charge is -2.21. The van der Waals surface area contributed by atoms with E-state index in [2.05, 4.69) is 26.7 Å². The fourth-order valence-corrected chi connectivity index (χ4v) is 4.22. The van der Waals surface area contributed by atoms with Crippen LogP contribution in [0.1, 0.15) is 38.1 Å². The Kier molecular flexibility index (Phi) is 5.86. The van der Waals surface area contributed by atoms with Gasteiger partial charge in [0.15, 0.2) is 0 Å². The van der Waals surface area contributed by atoms with E-state index in [9.17, 15) is 4.79 Å². The molecule has 6 heteroatoms. The van der Waals surface area contributed by atoms with Crippen LogP contribution in [0.3, 0.4) is 0 Å². The second-order valence-electron chi connectivity index (χ2n) is 6.99. The molecule has 0 saturated heterocycles. The van der Waals surface area contributed by atoms with E-state index in [0.29, 0.717) is 5.56 Å². The molecule has 0 aliphatic carbocycles. The zero-order chi connectivity index (χ0) is 20.9. The van der Waals surface area contributed by atoms with Gasteiger partial charge in [-0.2, -0.15) is 0 Å². The van der Waals surface area contributed by atoms with Crippen LogP contribution in [-0.2, 0) is 0 Å². The topological polar surface area (TPSA) is 66.9 Å². The molecular weight excluding hydrogens is 392 g/mol. The van der Waals surface area contributed by atoms with Gasteiger partial charge in [-0.25, -0.2) is 4.98 Å². The first-order valence-electron chi connectivity index (χ1n) is 9.67. The van der Waals surface area contributed by atoms with Gasteiger partial charge < -0.3 is 10.6 Å². The normalized spacial score (nSPS) is 11.7. The van der Waals surface area contributed by atoms with Gasteiger partial charge in [-0.15, -0.1) is 11.3 Å². The number of nitrogens with one attached hydrogen (secondary N) is 2. The van der Waals surface area contributed by atoms with Gasteiger partial charge in [0, 0.05) is 34.1 Å². The predicted octanol–water partition coefficient (Wildman–Crippen LogP) is 5.61. The first-order valence-corrected chi connectivity index (χ1v) is 10.5. The largest absolute Gasteiger partial charge is 0.359 e. The van der Waals surface area contributed by atoms with Crippen molar-refractivity contribution in [1.82, 2.24) is 9.97 Å². The number of rotatable bonds is 6. The third-order valence-electron chi connectivity index (χ3n) is 4.66. The monoisotopic (exact) mass is 414 g/mol. The van der Waals surface area contributed by atoms with Crippen LogP contribution in [0.15, 0.2) is 79.1 Å². The van der Waals surface area contributed by atoms with Crippen molar-refractivity contribution in [3.8, 4) is 0 Å². The Hall–Kier alpha value is -3.51. The van der Waals surface area contributed by atoms with Gasteiger partial charge in [0.25, 0.3) is 5.91 Å². The summed E-state index contributed by atoms with van der Waals surface area (Å²) in [5.41, 5.74) is 3.54. The highest BCUT2D eigenvalue weighted by Crippen LogP contribution is 2.37.